The summed E-state index contributed by atoms with van der Waals surface area (Å²) in [5, 5.41) is 0. The number of nitrogens with zero attached hydrogens (tertiary/aromatic N) is 3. The van der Waals surface area contributed by atoms with Gasteiger partial charge in [-0.15, -0.1) is 0 Å². The fourth-order valence-electron chi connectivity index (χ4n) is 1.99. The lowest BCUT2D eigenvalue weighted by molar-refractivity contribution is 0.596. The van der Waals surface area contributed by atoms with E-state index in [0.717, 1.165) is 23.8 Å². The van der Waals surface area contributed by atoms with Crippen LogP contribution in [0.1, 0.15) is 37.9 Å². The quantitative estimate of drug-likeness (QED) is 0.845. The molecule has 1 fully saturated rings. The second-order valence-electron chi connectivity index (χ2n) is 5.26. The van der Waals surface area contributed by atoms with E-state index >= 15 is 0 Å². The molecule has 2 N–H and O–H groups in total. The molecule has 17 heavy (non-hydrogen) atoms. The molecule has 4 heteroatoms. The maximum atomic E-state index is 5.64. The van der Waals surface area contributed by atoms with E-state index in [9.17, 15) is 0 Å². The van der Waals surface area contributed by atoms with Crippen molar-refractivity contribution in [3.05, 3.63) is 17.5 Å². The molecule has 0 radical (unpaired) electrons. The Hall–Kier alpha value is -1.16. The average Bonchev–Trinajstić information content (AvgIpc) is 3.09. The van der Waals surface area contributed by atoms with Crippen LogP contribution in [0.5, 0.6) is 0 Å². The van der Waals surface area contributed by atoms with Crippen molar-refractivity contribution >= 4 is 5.95 Å². The maximum absolute atomic E-state index is 5.64. The van der Waals surface area contributed by atoms with Gasteiger partial charge in [-0.2, -0.15) is 0 Å². The molecule has 4 nitrogen and oxygen atoms in total. The predicted molar refractivity (Wildman–Crippen MR) is 69.9 cm³/mol. The van der Waals surface area contributed by atoms with Gasteiger partial charge in [0.2, 0.25) is 5.95 Å². The van der Waals surface area contributed by atoms with Crippen molar-refractivity contribution in [2.45, 2.75) is 46.2 Å². The molecular weight excluding hydrogens is 212 g/mol. The van der Waals surface area contributed by atoms with Crippen LogP contribution in [0, 0.1) is 12.8 Å². The molecule has 1 saturated carbocycles. The largest absolute Gasteiger partial charge is 0.338 e. The highest BCUT2D eigenvalue weighted by molar-refractivity contribution is 5.36. The minimum absolute atomic E-state index is 0.514. The van der Waals surface area contributed by atoms with E-state index in [1.807, 2.05) is 13.1 Å². The summed E-state index contributed by atoms with van der Waals surface area (Å²) in [6.07, 6.45) is 4.41. The molecule has 0 bridgehead atoms. The number of aryl methyl sites for hydroxylation is 1. The van der Waals surface area contributed by atoms with E-state index in [1.54, 1.807) is 0 Å². The highest BCUT2D eigenvalue weighted by Crippen LogP contribution is 2.30. The van der Waals surface area contributed by atoms with Gasteiger partial charge in [0.15, 0.2) is 0 Å². The summed E-state index contributed by atoms with van der Waals surface area (Å²) in [5.41, 5.74) is 7.68. The summed E-state index contributed by atoms with van der Waals surface area (Å²) in [6.45, 7) is 8.02. The Bertz CT molecular complexity index is 385. The van der Waals surface area contributed by atoms with E-state index in [0.29, 0.717) is 18.5 Å². The lowest BCUT2D eigenvalue weighted by atomic mass is 10.2. The topological polar surface area (TPSA) is 55.0 Å². The van der Waals surface area contributed by atoms with E-state index in [1.165, 1.54) is 12.8 Å². The van der Waals surface area contributed by atoms with Crippen molar-refractivity contribution in [2.75, 3.05) is 11.4 Å². The second kappa shape index (κ2) is 5.00. The van der Waals surface area contributed by atoms with Crippen LogP contribution in [0.4, 0.5) is 5.95 Å². The van der Waals surface area contributed by atoms with Crippen LogP contribution in [-0.2, 0) is 6.54 Å². The van der Waals surface area contributed by atoms with E-state index in [-0.39, 0.29) is 0 Å². The number of nitrogens with two attached hydrogens (primary N) is 1. The molecular formula is C13H22N4. The zero-order valence-corrected chi connectivity index (χ0v) is 11.0. The van der Waals surface area contributed by atoms with Gasteiger partial charge in [0.1, 0.15) is 0 Å². The lowest BCUT2D eigenvalue weighted by Gasteiger charge is -2.24. The van der Waals surface area contributed by atoms with Gasteiger partial charge in [-0.1, -0.05) is 13.8 Å². The zero-order valence-electron chi connectivity index (χ0n) is 11.0. The summed E-state index contributed by atoms with van der Waals surface area (Å²) in [7, 11) is 0. The van der Waals surface area contributed by atoms with Gasteiger partial charge >= 0.3 is 0 Å². The summed E-state index contributed by atoms with van der Waals surface area (Å²) in [6, 6.07) is 0.653. The second-order valence-corrected chi connectivity index (χ2v) is 5.26. The van der Waals surface area contributed by atoms with Crippen molar-refractivity contribution in [1.82, 2.24) is 9.97 Å². The SMILES string of the molecule is Cc1nc(N(CC(C)C)C2CC2)ncc1CN. The van der Waals surface area contributed by atoms with Crippen molar-refractivity contribution < 1.29 is 0 Å². The summed E-state index contributed by atoms with van der Waals surface area (Å²) < 4.78 is 0. The van der Waals surface area contributed by atoms with Gasteiger partial charge in [0.05, 0.1) is 0 Å². The molecule has 94 valence electrons. The summed E-state index contributed by atoms with van der Waals surface area (Å²) >= 11 is 0. The van der Waals surface area contributed by atoms with Crippen molar-refractivity contribution in [2.24, 2.45) is 11.7 Å². The fourth-order valence-corrected chi connectivity index (χ4v) is 1.99. The Morgan fingerprint density at radius 2 is 2.18 bits per heavy atom. The van der Waals surface area contributed by atoms with Crippen molar-refractivity contribution in [3.8, 4) is 0 Å². The third-order valence-electron chi connectivity index (χ3n) is 3.09. The van der Waals surface area contributed by atoms with Crippen LogP contribution < -0.4 is 10.6 Å². The smallest absolute Gasteiger partial charge is 0.225 e. The van der Waals surface area contributed by atoms with Gasteiger partial charge in [-0.05, 0) is 25.7 Å². The van der Waals surface area contributed by atoms with Crippen LogP contribution in [0.2, 0.25) is 0 Å². The number of anilines is 1. The predicted octanol–water partition coefficient (Wildman–Crippen LogP) is 1.87. The number of hydrogen-bond acceptors (Lipinski definition) is 4. The summed E-state index contributed by atoms with van der Waals surface area (Å²) in [5.74, 6) is 1.50. The third-order valence-corrected chi connectivity index (χ3v) is 3.09. The van der Waals surface area contributed by atoms with Gasteiger partial charge in [-0.3, -0.25) is 0 Å². The molecule has 0 atom stereocenters. The Morgan fingerprint density at radius 1 is 1.47 bits per heavy atom. The standard InChI is InChI=1S/C13H22N4/c1-9(2)8-17(12-4-5-12)13-15-7-11(6-14)10(3)16-13/h7,9,12H,4-6,8,14H2,1-3H3. The summed E-state index contributed by atoms with van der Waals surface area (Å²) in [4.78, 5) is 11.4. The first-order valence-corrected chi connectivity index (χ1v) is 6.41. The first-order valence-electron chi connectivity index (χ1n) is 6.41. The van der Waals surface area contributed by atoms with Gasteiger partial charge in [0.25, 0.3) is 0 Å². The van der Waals surface area contributed by atoms with Crippen LogP contribution in [0.15, 0.2) is 6.20 Å². The Morgan fingerprint density at radius 3 is 2.65 bits per heavy atom. The van der Waals surface area contributed by atoms with Crippen LogP contribution in [0.25, 0.3) is 0 Å². The molecule has 1 aliphatic carbocycles. The highest BCUT2D eigenvalue weighted by Gasteiger charge is 2.31. The molecule has 0 amide bonds. The van der Waals surface area contributed by atoms with Crippen LogP contribution in [-0.4, -0.2) is 22.6 Å². The molecule has 0 spiro atoms. The minimum Gasteiger partial charge on any atom is -0.338 e. The molecule has 1 aromatic rings. The van der Waals surface area contributed by atoms with E-state index < -0.39 is 0 Å². The molecule has 1 aromatic heterocycles. The Labute approximate surface area is 103 Å². The van der Waals surface area contributed by atoms with Gasteiger partial charge < -0.3 is 10.6 Å². The van der Waals surface area contributed by atoms with Crippen LogP contribution in [0.3, 0.4) is 0 Å². The number of hydrogen-bond donors (Lipinski definition) is 1. The number of aromatic nitrogens is 2. The Kier molecular flexibility index (Phi) is 3.62. The first-order chi connectivity index (χ1) is 8.11. The van der Waals surface area contributed by atoms with Crippen LogP contribution >= 0.6 is 0 Å². The number of rotatable bonds is 5. The fraction of sp³-hybridized carbons (Fsp3) is 0.692. The third kappa shape index (κ3) is 2.94. The van der Waals surface area contributed by atoms with Gasteiger partial charge in [0, 0.05) is 36.6 Å². The molecule has 2 rings (SSSR count). The molecule has 0 saturated heterocycles. The lowest BCUT2D eigenvalue weighted by Crippen LogP contribution is -2.31. The van der Waals surface area contributed by atoms with E-state index in [2.05, 4.69) is 28.7 Å². The highest BCUT2D eigenvalue weighted by atomic mass is 15.3. The first kappa shape index (κ1) is 12.3. The zero-order chi connectivity index (χ0) is 12.4. The monoisotopic (exact) mass is 234 g/mol. The molecule has 1 aliphatic rings. The maximum Gasteiger partial charge on any atom is 0.225 e. The van der Waals surface area contributed by atoms with E-state index in [4.69, 9.17) is 5.73 Å². The Balaban J connectivity index is 2.20. The average molecular weight is 234 g/mol. The molecule has 0 aromatic carbocycles. The molecule has 0 aliphatic heterocycles. The normalized spacial score (nSPS) is 15.4. The van der Waals surface area contributed by atoms with Crippen molar-refractivity contribution in [1.29, 1.82) is 0 Å². The van der Waals surface area contributed by atoms with Gasteiger partial charge in [-0.25, -0.2) is 9.97 Å². The molecule has 1 heterocycles. The molecule has 0 unspecified atom stereocenters. The van der Waals surface area contributed by atoms with Crippen molar-refractivity contribution in [3.63, 3.8) is 0 Å². The minimum atomic E-state index is 0.514.